The average molecular weight is 326 g/mol. The van der Waals surface area contributed by atoms with Crippen LogP contribution in [-0.4, -0.2) is 0 Å². The maximum absolute atomic E-state index is 5.59. The molecule has 0 bridgehead atoms. The van der Waals surface area contributed by atoms with E-state index in [2.05, 4.69) is 61.4 Å². The lowest BCUT2D eigenvalue weighted by Crippen LogP contribution is -1.93. The maximum Gasteiger partial charge on any atom is 0.0321 e. The number of aryl methyl sites for hydroxylation is 3. The van der Waals surface area contributed by atoms with Gasteiger partial charge < -0.3 is 0 Å². The third-order valence-electron chi connectivity index (χ3n) is 4.89. The van der Waals surface area contributed by atoms with Crippen LogP contribution in [0.25, 0.3) is 10.8 Å². The van der Waals surface area contributed by atoms with Crippen molar-refractivity contribution in [3.8, 4) is 12.3 Å². The van der Waals surface area contributed by atoms with Gasteiger partial charge in [0.05, 0.1) is 0 Å². The Hall–Kier alpha value is -2.52. The van der Waals surface area contributed by atoms with Gasteiger partial charge in [-0.2, -0.15) is 0 Å². The SMILES string of the molecule is C#Cc1cccc2cc(CCc3ccc(CCCCC)cc3)ccc12. The maximum atomic E-state index is 5.59. The van der Waals surface area contributed by atoms with Gasteiger partial charge in [0.1, 0.15) is 0 Å². The van der Waals surface area contributed by atoms with E-state index < -0.39 is 0 Å². The molecule has 126 valence electrons. The van der Waals surface area contributed by atoms with Crippen LogP contribution >= 0.6 is 0 Å². The number of terminal acetylenes is 1. The van der Waals surface area contributed by atoms with Crippen LogP contribution in [0.3, 0.4) is 0 Å². The van der Waals surface area contributed by atoms with Crippen molar-refractivity contribution >= 4 is 10.8 Å². The van der Waals surface area contributed by atoms with Crippen LogP contribution in [0, 0.1) is 12.3 Å². The minimum absolute atomic E-state index is 0.975. The van der Waals surface area contributed by atoms with E-state index in [0.717, 1.165) is 18.4 Å². The molecular formula is C25H26. The van der Waals surface area contributed by atoms with Crippen molar-refractivity contribution in [2.45, 2.75) is 45.4 Å². The van der Waals surface area contributed by atoms with Gasteiger partial charge in [0.2, 0.25) is 0 Å². The normalized spacial score (nSPS) is 10.7. The van der Waals surface area contributed by atoms with Gasteiger partial charge in [-0.05, 0) is 59.2 Å². The summed E-state index contributed by atoms with van der Waals surface area (Å²) < 4.78 is 0. The summed E-state index contributed by atoms with van der Waals surface area (Å²) in [4.78, 5) is 0. The van der Waals surface area contributed by atoms with Crippen LogP contribution < -0.4 is 0 Å². The van der Waals surface area contributed by atoms with E-state index in [1.165, 1.54) is 53.1 Å². The van der Waals surface area contributed by atoms with Crippen molar-refractivity contribution in [2.75, 3.05) is 0 Å². The van der Waals surface area contributed by atoms with Crippen molar-refractivity contribution in [3.05, 3.63) is 82.9 Å². The Morgan fingerprint density at radius 2 is 1.44 bits per heavy atom. The summed E-state index contributed by atoms with van der Waals surface area (Å²) in [5, 5.41) is 2.41. The molecule has 0 nitrogen and oxygen atoms in total. The van der Waals surface area contributed by atoms with E-state index in [9.17, 15) is 0 Å². The molecule has 0 aliphatic rings. The lowest BCUT2D eigenvalue weighted by molar-refractivity contribution is 0.717. The molecule has 0 saturated carbocycles. The Balaban J connectivity index is 1.63. The van der Waals surface area contributed by atoms with Crippen molar-refractivity contribution in [1.29, 1.82) is 0 Å². The Kier molecular flexibility index (Phi) is 5.91. The van der Waals surface area contributed by atoms with Crippen LogP contribution in [0.4, 0.5) is 0 Å². The molecule has 0 aromatic heterocycles. The molecule has 0 unspecified atom stereocenters. The van der Waals surface area contributed by atoms with Crippen LogP contribution in [0.1, 0.15) is 48.4 Å². The molecule has 0 fully saturated rings. The number of hydrogen-bond donors (Lipinski definition) is 0. The highest BCUT2D eigenvalue weighted by molar-refractivity contribution is 5.88. The number of fused-ring (bicyclic) bond motifs is 1. The molecular weight excluding hydrogens is 300 g/mol. The van der Waals surface area contributed by atoms with E-state index in [4.69, 9.17) is 6.42 Å². The summed E-state index contributed by atoms with van der Waals surface area (Å²) in [6.45, 7) is 2.25. The Morgan fingerprint density at radius 1 is 0.760 bits per heavy atom. The van der Waals surface area contributed by atoms with Crippen molar-refractivity contribution in [3.63, 3.8) is 0 Å². The second-order valence-corrected chi connectivity index (χ2v) is 6.78. The highest BCUT2D eigenvalue weighted by Crippen LogP contribution is 2.21. The molecule has 0 aliphatic heterocycles. The highest BCUT2D eigenvalue weighted by Gasteiger charge is 2.02. The van der Waals surface area contributed by atoms with E-state index in [1.807, 2.05) is 12.1 Å². The summed E-state index contributed by atoms with van der Waals surface area (Å²) in [5.74, 6) is 2.77. The Morgan fingerprint density at radius 3 is 2.16 bits per heavy atom. The first-order valence-corrected chi connectivity index (χ1v) is 9.36. The lowest BCUT2D eigenvalue weighted by atomic mass is 9.98. The van der Waals surface area contributed by atoms with Gasteiger partial charge >= 0.3 is 0 Å². The average Bonchev–Trinajstić information content (AvgIpc) is 2.67. The fourth-order valence-electron chi connectivity index (χ4n) is 3.35. The van der Waals surface area contributed by atoms with Crippen LogP contribution in [-0.2, 0) is 19.3 Å². The van der Waals surface area contributed by atoms with Gasteiger partial charge in [-0.1, -0.05) is 80.3 Å². The molecule has 0 spiro atoms. The third kappa shape index (κ3) is 4.52. The predicted molar refractivity (Wildman–Crippen MR) is 109 cm³/mol. The minimum atomic E-state index is 0.975. The largest absolute Gasteiger partial charge is 0.115 e. The van der Waals surface area contributed by atoms with Crippen molar-refractivity contribution < 1.29 is 0 Å². The molecule has 3 aromatic rings. The smallest absolute Gasteiger partial charge is 0.0321 e. The molecule has 3 aromatic carbocycles. The molecule has 0 radical (unpaired) electrons. The quantitative estimate of drug-likeness (QED) is 0.351. The number of unbranched alkanes of at least 4 members (excludes halogenated alkanes) is 2. The molecule has 3 rings (SSSR count). The van der Waals surface area contributed by atoms with Gasteiger partial charge in [0.15, 0.2) is 0 Å². The molecule has 0 saturated heterocycles. The molecule has 0 amide bonds. The van der Waals surface area contributed by atoms with Crippen LogP contribution in [0.15, 0.2) is 60.7 Å². The van der Waals surface area contributed by atoms with Gasteiger partial charge in [-0.25, -0.2) is 0 Å². The standard InChI is InChI=1S/C25H26/c1-3-5-6-8-20-11-13-21(14-12-20)15-16-22-17-18-25-23(4-2)9-7-10-24(25)19-22/h2,7,9-14,17-19H,3,5-6,8,15-16H2,1H3. The van der Waals surface area contributed by atoms with Crippen LogP contribution in [0.5, 0.6) is 0 Å². The molecule has 0 atom stereocenters. The fourth-order valence-corrected chi connectivity index (χ4v) is 3.35. The van der Waals surface area contributed by atoms with E-state index in [-0.39, 0.29) is 0 Å². The van der Waals surface area contributed by atoms with E-state index in [0.29, 0.717) is 0 Å². The number of rotatable bonds is 7. The molecule has 0 heteroatoms. The summed E-state index contributed by atoms with van der Waals surface area (Å²) in [7, 11) is 0. The van der Waals surface area contributed by atoms with Gasteiger partial charge in [0, 0.05) is 5.56 Å². The third-order valence-corrected chi connectivity index (χ3v) is 4.89. The molecule has 0 heterocycles. The topological polar surface area (TPSA) is 0 Å². The van der Waals surface area contributed by atoms with E-state index in [1.54, 1.807) is 0 Å². The van der Waals surface area contributed by atoms with Gasteiger partial charge in [-0.15, -0.1) is 6.42 Å². The van der Waals surface area contributed by atoms with Crippen molar-refractivity contribution in [2.24, 2.45) is 0 Å². The van der Waals surface area contributed by atoms with Crippen molar-refractivity contribution in [1.82, 2.24) is 0 Å². The molecule has 0 N–H and O–H groups in total. The zero-order chi connectivity index (χ0) is 17.5. The fraction of sp³-hybridized carbons (Fsp3) is 0.280. The first-order chi connectivity index (χ1) is 12.3. The van der Waals surface area contributed by atoms with Gasteiger partial charge in [0.25, 0.3) is 0 Å². The van der Waals surface area contributed by atoms with Gasteiger partial charge in [-0.3, -0.25) is 0 Å². The summed E-state index contributed by atoms with van der Waals surface area (Å²) >= 11 is 0. The summed E-state index contributed by atoms with van der Waals surface area (Å²) in [6.07, 6.45) is 12.8. The molecule has 25 heavy (non-hydrogen) atoms. The second kappa shape index (κ2) is 8.54. The minimum Gasteiger partial charge on any atom is -0.115 e. The zero-order valence-electron chi connectivity index (χ0n) is 15.1. The monoisotopic (exact) mass is 326 g/mol. The number of benzene rings is 3. The zero-order valence-corrected chi connectivity index (χ0v) is 15.1. The number of hydrogen-bond acceptors (Lipinski definition) is 0. The first kappa shape index (κ1) is 17.3. The van der Waals surface area contributed by atoms with Crippen LogP contribution in [0.2, 0.25) is 0 Å². The van der Waals surface area contributed by atoms with E-state index >= 15 is 0 Å². The summed E-state index contributed by atoms with van der Waals surface area (Å²) in [5.41, 5.74) is 5.22. The highest BCUT2D eigenvalue weighted by atomic mass is 14.1. The first-order valence-electron chi connectivity index (χ1n) is 9.36. The predicted octanol–water partition coefficient (Wildman–Crippen LogP) is 6.34. The Labute approximate surface area is 151 Å². The second-order valence-electron chi connectivity index (χ2n) is 6.78. The lowest BCUT2D eigenvalue weighted by Gasteiger charge is -2.07. The molecule has 0 aliphatic carbocycles. The summed E-state index contributed by atoms with van der Waals surface area (Å²) in [6, 6.07) is 22.0. The Bertz CT molecular complexity index is 863.